The van der Waals surface area contributed by atoms with Crippen molar-refractivity contribution in [1.29, 1.82) is 0 Å². The molecule has 2 nitrogen and oxygen atoms in total. The molecule has 0 saturated carbocycles. The highest BCUT2D eigenvalue weighted by Crippen LogP contribution is 2.08. The minimum Gasteiger partial charge on any atom is -0.353 e. The Bertz CT molecular complexity index is 227. The summed E-state index contributed by atoms with van der Waals surface area (Å²) in [4.78, 5) is 2.55. The molecule has 0 aliphatic carbocycles. The second-order valence-electron chi connectivity index (χ2n) is 3.37. The number of nitrogens with zero attached hydrogens (tertiary/aromatic N) is 2. The van der Waals surface area contributed by atoms with E-state index in [2.05, 4.69) is 45.8 Å². The molecule has 1 aromatic heterocycles. The third-order valence-corrected chi connectivity index (χ3v) is 3.39. The minimum atomic E-state index is 1.14. The normalized spacial score (nSPS) is 19.1. The summed E-state index contributed by atoms with van der Waals surface area (Å²) in [5.41, 5.74) is 0. The predicted octanol–water partition coefficient (Wildman–Crippen LogP) is 1.54. The van der Waals surface area contributed by atoms with Gasteiger partial charge in [0.15, 0.2) is 0 Å². The van der Waals surface area contributed by atoms with E-state index >= 15 is 0 Å². The van der Waals surface area contributed by atoms with E-state index < -0.39 is 0 Å². The number of hydrogen-bond acceptors (Lipinski definition) is 2. The van der Waals surface area contributed by atoms with Crippen molar-refractivity contribution in [3.8, 4) is 0 Å². The molecule has 1 aliphatic heterocycles. The van der Waals surface area contributed by atoms with E-state index in [4.69, 9.17) is 0 Å². The Balaban J connectivity index is 1.72. The fourth-order valence-corrected chi connectivity index (χ4v) is 2.58. The molecule has 0 unspecified atom stereocenters. The van der Waals surface area contributed by atoms with Crippen molar-refractivity contribution in [3.05, 3.63) is 24.5 Å². The van der Waals surface area contributed by atoms with E-state index in [1.807, 2.05) is 0 Å². The van der Waals surface area contributed by atoms with Crippen LogP contribution in [0.3, 0.4) is 0 Å². The third kappa shape index (κ3) is 2.78. The Morgan fingerprint density at radius 2 is 1.69 bits per heavy atom. The molecule has 72 valence electrons. The van der Waals surface area contributed by atoms with Crippen molar-refractivity contribution < 1.29 is 0 Å². The van der Waals surface area contributed by atoms with Gasteiger partial charge in [-0.2, -0.15) is 11.8 Å². The second kappa shape index (κ2) is 4.72. The van der Waals surface area contributed by atoms with E-state index in [-0.39, 0.29) is 0 Å². The number of thioether (sulfide) groups is 1. The molecule has 0 bridgehead atoms. The average molecular weight is 196 g/mol. The first-order valence-electron chi connectivity index (χ1n) is 4.86. The molecule has 0 amide bonds. The lowest BCUT2D eigenvalue weighted by Crippen LogP contribution is -2.34. The Morgan fingerprint density at radius 1 is 1.00 bits per heavy atom. The maximum Gasteiger partial charge on any atom is 0.0347 e. The summed E-state index contributed by atoms with van der Waals surface area (Å²) in [5, 5.41) is 0. The van der Waals surface area contributed by atoms with Gasteiger partial charge in [0, 0.05) is 50.1 Å². The van der Waals surface area contributed by atoms with Gasteiger partial charge in [-0.05, 0) is 12.1 Å². The van der Waals surface area contributed by atoms with Gasteiger partial charge in [0.25, 0.3) is 0 Å². The lowest BCUT2D eigenvalue weighted by molar-refractivity contribution is 0.289. The summed E-state index contributed by atoms with van der Waals surface area (Å²) in [7, 11) is 0. The maximum absolute atomic E-state index is 2.55. The summed E-state index contributed by atoms with van der Waals surface area (Å²) in [6, 6.07) is 4.18. The van der Waals surface area contributed by atoms with E-state index in [9.17, 15) is 0 Å². The van der Waals surface area contributed by atoms with Crippen LogP contribution >= 0.6 is 11.8 Å². The molecular formula is C10H16N2S. The van der Waals surface area contributed by atoms with Gasteiger partial charge in [-0.15, -0.1) is 0 Å². The lowest BCUT2D eigenvalue weighted by Gasteiger charge is -2.26. The number of aromatic nitrogens is 1. The van der Waals surface area contributed by atoms with Crippen LogP contribution in [0.1, 0.15) is 0 Å². The zero-order chi connectivity index (χ0) is 8.93. The van der Waals surface area contributed by atoms with Crippen LogP contribution in [0.4, 0.5) is 0 Å². The topological polar surface area (TPSA) is 8.17 Å². The van der Waals surface area contributed by atoms with Crippen molar-refractivity contribution in [2.75, 3.05) is 31.1 Å². The van der Waals surface area contributed by atoms with Gasteiger partial charge < -0.3 is 4.57 Å². The molecule has 1 aliphatic rings. The Kier molecular flexibility index (Phi) is 3.33. The van der Waals surface area contributed by atoms with Gasteiger partial charge in [-0.25, -0.2) is 0 Å². The molecule has 2 heterocycles. The monoisotopic (exact) mass is 196 g/mol. The van der Waals surface area contributed by atoms with E-state index in [0.717, 1.165) is 6.54 Å². The molecule has 1 aromatic rings. The maximum atomic E-state index is 2.55. The van der Waals surface area contributed by atoms with Crippen molar-refractivity contribution in [2.24, 2.45) is 0 Å². The SMILES string of the molecule is c1ccn(CCN2CCSCC2)c1. The molecule has 0 atom stereocenters. The van der Waals surface area contributed by atoms with Crippen LogP contribution in [0.25, 0.3) is 0 Å². The largest absolute Gasteiger partial charge is 0.353 e. The van der Waals surface area contributed by atoms with E-state index in [1.165, 1.54) is 31.1 Å². The quantitative estimate of drug-likeness (QED) is 0.724. The van der Waals surface area contributed by atoms with Gasteiger partial charge in [-0.1, -0.05) is 0 Å². The summed E-state index contributed by atoms with van der Waals surface area (Å²) < 4.78 is 2.25. The van der Waals surface area contributed by atoms with Gasteiger partial charge in [-0.3, -0.25) is 4.90 Å². The van der Waals surface area contributed by atoms with Gasteiger partial charge in [0.1, 0.15) is 0 Å². The molecule has 0 N–H and O–H groups in total. The summed E-state index contributed by atoms with van der Waals surface area (Å²) in [6.45, 7) is 4.88. The first-order valence-corrected chi connectivity index (χ1v) is 6.01. The Labute approximate surface area is 83.9 Å². The molecule has 3 heteroatoms. The smallest absolute Gasteiger partial charge is 0.0347 e. The fourth-order valence-electron chi connectivity index (χ4n) is 1.60. The molecule has 13 heavy (non-hydrogen) atoms. The first-order chi connectivity index (χ1) is 6.45. The van der Waals surface area contributed by atoms with Crippen LogP contribution in [0.2, 0.25) is 0 Å². The zero-order valence-corrected chi connectivity index (χ0v) is 8.67. The molecule has 0 aromatic carbocycles. The number of hydrogen-bond donors (Lipinski definition) is 0. The van der Waals surface area contributed by atoms with Crippen molar-refractivity contribution in [3.63, 3.8) is 0 Å². The van der Waals surface area contributed by atoms with Crippen LogP contribution in [-0.4, -0.2) is 40.6 Å². The molecule has 2 rings (SSSR count). The first kappa shape index (κ1) is 9.16. The highest BCUT2D eigenvalue weighted by atomic mass is 32.2. The van der Waals surface area contributed by atoms with Gasteiger partial charge in [0.05, 0.1) is 0 Å². The predicted molar refractivity (Wildman–Crippen MR) is 58.2 cm³/mol. The lowest BCUT2D eigenvalue weighted by atomic mass is 10.4. The average Bonchev–Trinajstić information content (AvgIpc) is 2.69. The number of rotatable bonds is 3. The summed E-state index contributed by atoms with van der Waals surface area (Å²) in [6.07, 6.45) is 4.28. The summed E-state index contributed by atoms with van der Waals surface area (Å²) in [5.74, 6) is 2.62. The highest BCUT2D eigenvalue weighted by Gasteiger charge is 2.08. The van der Waals surface area contributed by atoms with Crippen LogP contribution in [0, 0.1) is 0 Å². The molecular weight excluding hydrogens is 180 g/mol. The standard InChI is InChI=1S/C10H16N2S/c1-2-4-11(3-1)5-6-12-7-9-13-10-8-12/h1-4H,5-10H2. The summed E-state index contributed by atoms with van der Waals surface area (Å²) >= 11 is 2.07. The van der Waals surface area contributed by atoms with E-state index in [1.54, 1.807) is 0 Å². The molecule has 1 saturated heterocycles. The third-order valence-electron chi connectivity index (χ3n) is 2.44. The molecule has 0 spiro atoms. The molecule has 0 radical (unpaired) electrons. The van der Waals surface area contributed by atoms with Crippen LogP contribution in [-0.2, 0) is 6.54 Å². The van der Waals surface area contributed by atoms with Gasteiger partial charge in [0.2, 0.25) is 0 Å². The molecule has 1 fully saturated rings. The van der Waals surface area contributed by atoms with E-state index in [0.29, 0.717) is 0 Å². The van der Waals surface area contributed by atoms with Crippen LogP contribution in [0.5, 0.6) is 0 Å². The van der Waals surface area contributed by atoms with Crippen molar-refractivity contribution in [1.82, 2.24) is 9.47 Å². The Morgan fingerprint density at radius 3 is 2.38 bits per heavy atom. The van der Waals surface area contributed by atoms with Crippen molar-refractivity contribution in [2.45, 2.75) is 6.54 Å². The highest BCUT2D eigenvalue weighted by molar-refractivity contribution is 7.99. The zero-order valence-electron chi connectivity index (χ0n) is 7.85. The van der Waals surface area contributed by atoms with Crippen molar-refractivity contribution >= 4 is 11.8 Å². The van der Waals surface area contributed by atoms with Crippen LogP contribution in [0.15, 0.2) is 24.5 Å². The van der Waals surface area contributed by atoms with Crippen LogP contribution < -0.4 is 0 Å². The Hall–Kier alpha value is -0.410. The fraction of sp³-hybridized carbons (Fsp3) is 0.600. The second-order valence-corrected chi connectivity index (χ2v) is 4.60. The minimum absolute atomic E-state index is 1.14. The van der Waals surface area contributed by atoms with Gasteiger partial charge >= 0.3 is 0 Å².